The first-order chi connectivity index (χ1) is 5.88. The molecule has 0 saturated carbocycles. The van der Waals surface area contributed by atoms with Crippen LogP contribution < -0.4 is 0 Å². The van der Waals surface area contributed by atoms with Crippen molar-refractivity contribution in [2.75, 3.05) is 0 Å². The summed E-state index contributed by atoms with van der Waals surface area (Å²) in [6.45, 7) is 2.00. The Hall–Kier alpha value is -0.720. The van der Waals surface area contributed by atoms with Gasteiger partial charge < -0.3 is 0 Å². The molecule has 0 bridgehead atoms. The predicted octanol–water partition coefficient (Wildman–Crippen LogP) is 3.36. The van der Waals surface area contributed by atoms with E-state index in [2.05, 4.69) is 0 Å². The number of hydrogen-bond donors (Lipinski definition) is 0. The van der Waals surface area contributed by atoms with Gasteiger partial charge in [0.1, 0.15) is 0 Å². The van der Waals surface area contributed by atoms with Gasteiger partial charge >= 0.3 is 8.69 Å². The van der Waals surface area contributed by atoms with Crippen LogP contribution in [-0.2, 0) is 9.09 Å². The second kappa shape index (κ2) is 5.02. The van der Waals surface area contributed by atoms with Crippen molar-refractivity contribution in [3.63, 3.8) is 0 Å². The van der Waals surface area contributed by atoms with Gasteiger partial charge in [0.2, 0.25) is 0 Å². The molecule has 3 heteroatoms. The standard InChI is InChI=1S/C9H11O2P/c1-2-9(11-12-10)8-6-4-3-5-7-8/h3-7,9H,2H2,1H3. The highest BCUT2D eigenvalue weighted by Crippen LogP contribution is 2.24. The van der Waals surface area contributed by atoms with Gasteiger partial charge in [-0.1, -0.05) is 37.3 Å². The fourth-order valence-electron chi connectivity index (χ4n) is 1.09. The van der Waals surface area contributed by atoms with Crippen molar-refractivity contribution in [1.29, 1.82) is 0 Å². The molecule has 0 N–H and O–H groups in total. The van der Waals surface area contributed by atoms with Crippen molar-refractivity contribution in [1.82, 2.24) is 0 Å². The van der Waals surface area contributed by atoms with Gasteiger partial charge in [0, 0.05) is 0 Å². The molecule has 0 aliphatic rings. The van der Waals surface area contributed by atoms with Crippen LogP contribution in [0.3, 0.4) is 0 Å². The lowest BCUT2D eigenvalue weighted by Gasteiger charge is -2.10. The Labute approximate surface area is 73.8 Å². The van der Waals surface area contributed by atoms with E-state index in [4.69, 9.17) is 4.52 Å². The van der Waals surface area contributed by atoms with Gasteiger partial charge in [-0.25, -0.2) is 4.57 Å². The van der Waals surface area contributed by atoms with Gasteiger partial charge in [-0.2, -0.15) is 0 Å². The van der Waals surface area contributed by atoms with Crippen molar-refractivity contribution < 1.29 is 9.09 Å². The maximum absolute atomic E-state index is 10.2. The van der Waals surface area contributed by atoms with Crippen LogP contribution in [0.25, 0.3) is 0 Å². The van der Waals surface area contributed by atoms with Crippen LogP contribution >= 0.6 is 8.69 Å². The molecule has 1 aromatic rings. The van der Waals surface area contributed by atoms with E-state index in [0.29, 0.717) is 0 Å². The molecule has 0 fully saturated rings. The fourth-order valence-corrected chi connectivity index (χ4v) is 1.47. The normalized spacial score (nSPS) is 13.1. The summed E-state index contributed by atoms with van der Waals surface area (Å²) >= 11 is 0. The van der Waals surface area contributed by atoms with Gasteiger partial charge in [-0.15, -0.1) is 0 Å². The molecule has 1 atom stereocenters. The summed E-state index contributed by atoms with van der Waals surface area (Å²) < 4.78 is 15.2. The quantitative estimate of drug-likeness (QED) is 0.667. The van der Waals surface area contributed by atoms with Gasteiger partial charge in [0.05, 0.1) is 6.10 Å². The van der Waals surface area contributed by atoms with Crippen molar-refractivity contribution in [3.8, 4) is 0 Å². The lowest BCUT2D eigenvalue weighted by atomic mass is 10.1. The highest BCUT2D eigenvalue weighted by molar-refractivity contribution is 7.17. The summed E-state index contributed by atoms with van der Waals surface area (Å²) in [6, 6.07) is 9.79. The molecular formula is C9H11O2P. The Morgan fingerprint density at radius 3 is 2.58 bits per heavy atom. The maximum Gasteiger partial charge on any atom is 0.327 e. The zero-order chi connectivity index (χ0) is 8.81. The van der Waals surface area contributed by atoms with Gasteiger partial charge in [0.25, 0.3) is 0 Å². The molecule has 0 heterocycles. The number of rotatable bonds is 4. The first-order valence-electron chi connectivity index (χ1n) is 3.92. The molecule has 0 spiro atoms. The molecule has 0 aliphatic heterocycles. The van der Waals surface area contributed by atoms with Crippen LogP contribution in [0.4, 0.5) is 0 Å². The highest BCUT2D eigenvalue weighted by atomic mass is 31.1. The average Bonchev–Trinajstić information content (AvgIpc) is 2.15. The van der Waals surface area contributed by atoms with Crippen LogP contribution in [0, 0.1) is 0 Å². The number of hydrogen-bond acceptors (Lipinski definition) is 2. The topological polar surface area (TPSA) is 26.3 Å². The SMILES string of the molecule is CCC(OP=O)c1ccccc1. The van der Waals surface area contributed by atoms with E-state index in [1.807, 2.05) is 37.3 Å². The summed E-state index contributed by atoms with van der Waals surface area (Å²) in [5.74, 6) is 0. The van der Waals surface area contributed by atoms with Crippen molar-refractivity contribution in [2.45, 2.75) is 19.4 Å². The van der Waals surface area contributed by atoms with E-state index in [9.17, 15) is 4.57 Å². The Kier molecular flexibility index (Phi) is 3.92. The summed E-state index contributed by atoms with van der Waals surface area (Å²) in [5.41, 5.74) is 1.07. The second-order valence-electron chi connectivity index (χ2n) is 2.49. The zero-order valence-corrected chi connectivity index (χ0v) is 7.83. The van der Waals surface area contributed by atoms with E-state index in [-0.39, 0.29) is 14.8 Å². The minimum Gasteiger partial charge on any atom is -0.286 e. The van der Waals surface area contributed by atoms with Crippen LogP contribution in [0.15, 0.2) is 30.3 Å². The summed E-state index contributed by atoms with van der Waals surface area (Å²) in [7, 11) is -0.250. The highest BCUT2D eigenvalue weighted by Gasteiger charge is 2.08. The molecular weight excluding hydrogens is 171 g/mol. The first kappa shape index (κ1) is 9.37. The largest absolute Gasteiger partial charge is 0.327 e. The average molecular weight is 182 g/mol. The summed E-state index contributed by atoms with van der Waals surface area (Å²) in [5, 5.41) is 0. The predicted molar refractivity (Wildman–Crippen MR) is 48.2 cm³/mol. The molecule has 1 rings (SSSR count). The molecule has 0 aliphatic carbocycles. The van der Waals surface area contributed by atoms with Crippen molar-refractivity contribution in [2.24, 2.45) is 0 Å². The van der Waals surface area contributed by atoms with Crippen LogP contribution in [-0.4, -0.2) is 0 Å². The molecule has 0 radical (unpaired) electrons. The molecule has 12 heavy (non-hydrogen) atoms. The third kappa shape index (κ3) is 2.40. The Balaban J connectivity index is 2.72. The van der Waals surface area contributed by atoms with E-state index < -0.39 is 0 Å². The van der Waals surface area contributed by atoms with Gasteiger partial charge in [-0.3, -0.25) is 4.52 Å². The molecule has 1 aromatic carbocycles. The Morgan fingerprint density at radius 1 is 1.42 bits per heavy atom. The van der Waals surface area contributed by atoms with E-state index in [1.54, 1.807) is 0 Å². The lowest BCUT2D eigenvalue weighted by Crippen LogP contribution is -1.95. The van der Waals surface area contributed by atoms with Crippen LogP contribution in [0.1, 0.15) is 25.0 Å². The first-order valence-corrected chi connectivity index (χ1v) is 4.65. The molecule has 0 aromatic heterocycles. The van der Waals surface area contributed by atoms with Gasteiger partial charge in [0.15, 0.2) is 0 Å². The lowest BCUT2D eigenvalue weighted by molar-refractivity contribution is 0.224. The minimum atomic E-state index is -0.250. The van der Waals surface area contributed by atoms with E-state index in [1.165, 1.54) is 0 Å². The summed E-state index contributed by atoms with van der Waals surface area (Å²) in [4.78, 5) is 0. The smallest absolute Gasteiger partial charge is 0.286 e. The molecule has 2 nitrogen and oxygen atoms in total. The van der Waals surface area contributed by atoms with Crippen molar-refractivity contribution in [3.05, 3.63) is 35.9 Å². The summed E-state index contributed by atoms with van der Waals surface area (Å²) in [6.07, 6.45) is 0.782. The third-order valence-electron chi connectivity index (χ3n) is 1.71. The minimum absolute atomic E-state index is 0.0506. The molecule has 0 amide bonds. The van der Waals surface area contributed by atoms with E-state index in [0.717, 1.165) is 12.0 Å². The van der Waals surface area contributed by atoms with Crippen LogP contribution in [0.2, 0.25) is 0 Å². The molecule has 1 unspecified atom stereocenters. The number of benzene rings is 1. The monoisotopic (exact) mass is 182 g/mol. The zero-order valence-electron chi connectivity index (χ0n) is 6.93. The fraction of sp³-hybridized carbons (Fsp3) is 0.333. The maximum atomic E-state index is 10.2. The molecule has 0 saturated heterocycles. The van der Waals surface area contributed by atoms with Crippen LogP contribution in [0.5, 0.6) is 0 Å². The Morgan fingerprint density at radius 2 is 2.08 bits per heavy atom. The third-order valence-corrected chi connectivity index (χ3v) is 2.05. The Bertz CT molecular complexity index is 236. The molecule has 64 valence electrons. The van der Waals surface area contributed by atoms with Crippen molar-refractivity contribution >= 4 is 8.69 Å². The van der Waals surface area contributed by atoms with Gasteiger partial charge in [-0.05, 0) is 12.0 Å². The second-order valence-corrected chi connectivity index (χ2v) is 2.85. The van der Waals surface area contributed by atoms with E-state index >= 15 is 0 Å².